The van der Waals surface area contributed by atoms with Crippen molar-refractivity contribution in [1.82, 2.24) is 4.98 Å². The van der Waals surface area contributed by atoms with Crippen LogP contribution in [0.5, 0.6) is 0 Å². The summed E-state index contributed by atoms with van der Waals surface area (Å²) in [4.78, 5) is 27.1. The molecule has 0 unspecified atom stereocenters. The van der Waals surface area contributed by atoms with Gasteiger partial charge in [-0.25, -0.2) is 0 Å². The Hall–Kier alpha value is -3.62. The fraction of sp³-hybridized carbons (Fsp3) is 0.156. The molecule has 0 atom stereocenters. The predicted octanol–water partition coefficient (Wildman–Crippen LogP) is 7.43. The topological polar surface area (TPSA) is 67.3 Å². The van der Waals surface area contributed by atoms with E-state index >= 15 is 0 Å². The third kappa shape index (κ3) is 9.08. The minimum atomic E-state index is -0.125. The molecule has 0 radical (unpaired) electrons. The van der Waals surface area contributed by atoms with Gasteiger partial charge < -0.3 is 10.1 Å². The van der Waals surface area contributed by atoms with E-state index in [1.54, 1.807) is 0 Å². The summed E-state index contributed by atoms with van der Waals surface area (Å²) in [5.74, 6) is -0.0239. The normalized spacial score (nSPS) is 10.5. The average Bonchev–Trinajstić information content (AvgIpc) is 2.89. The molecule has 1 N–H and O–H groups in total. The zero-order valence-corrected chi connectivity index (χ0v) is 23.5. The Labute approximate surface area is 233 Å². The number of hydrogen-bond donors (Lipinski definition) is 1. The summed E-state index contributed by atoms with van der Waals surface area (Å²) < 4.78 is 0. The summed E-state index contributed by atoms with van der Waals surface area (Å²) in [5.41, 5.74) is 6.69. The van der Waals surface area contributed by atoms with Gasteiger partial charge in [0.15, 0.2) is 11.6 Å². The molecule has 3 aromatic carbocycles. The van der Waals surface area contributed by atoms with Crippen LogP contribution in [0.15, 0.2) is 103 Å². The summed E-state index contributed by atoms with van der Waals surface area (Å²) >= 11 is 0. The van der Waals surface area contributed by atoms with Crippen molar-refractivity contribution in [1.29, 1.82) is 0 Å². The summed E-state index contributed by atoms with van der Waals surface area (Å²) in [7, 11) is 0. The second kappa shape index (κ2) is 14.8. The maximum atomic E-state index is 12.5. The van der Waals surface area contributed by atoms with Crippen molar-refractivity contribution in [3.63, 3.8) is 0 Å². The zero-order valence-electron chi connectivity index (χ0n) is 21.2. The van der Waals surface area contributed by atoms with Crippen molar-refractivity contribution < 1.29 is 35.8 Å². The van der Waals surface area contributed by atoms with Crippen molar-refractivity contribution >= 4 is 11.6 Å². The van der Waals surface area contributed by atoms with Crippen molar-refractivity contribution in [3.05, 3.63) is 126 Å². The van der Waals surface area contributed by atoms with Gasteiger partial charge in [-0.3, -0.25) is 9.59 Å². The minimum Gasteiger partial charge on any atom is -0.512 e. The van der Waals surface area contributed by atoms with Crippen LogP contribution in [0.3, 0.4) is 0 Å². The molecule has 37 heavy (non-hydrogen) atoms. The maximum Gasteiger partial charge on any atom is 0.193 e. The van der Waals surface area contributed by atoms with Crippen LogP contribution in [0, 0.1) is 6.07 Å². The van der Waals surface area contributed by atoms with Gasteiger partial charge in [-0.15, -0.1) is 29.8 Å². The second-order valence-electron chi connectivity index (χ2n) is 8.46. The first-order chi connectivity index (χ1) is 17.4. The molecular formula is C32H30NO3Pt-. The second-order valence-corrected chi connectivity index (χ2v) is 8.46. The maximum absolute atomic E-state index is 12.5. The van der Waals surface area contributed by atoms with E-state index < -0.39 is 0 Å². The number of aryl methyl sites for hydroxylation is 1. The molecule has 0 fully saturated rings. The largest absolute Gasteiger partial charge is 0.512 e. The summed E-state index contributed by atoms with van der Waals surface area (Å²) in [6.07, 6.45) is 5.29. The molecule has 192 valence electrons. The van der Waals surface area contributed by atoms with Gasteiger partial charge in [0.1, 0.15) is 0 Å². The van der Waals surface area contributed by atoms with Gasteiger partial charge in [0.05, 0.1) is 5.76 Å². The predicted molar refractivity (Wildman–Crippen MR) is 145 cm³/mol. The Kier molecular flexibility index (Phi) is 11.9. The monoisotopic (exact) mass is 671 g/mol. The molecule has 0 bridgehead atoms. The summed E-state index contributed by atoms with van der Waals surface area (Å²) in [6, 6.07) is 30.7. The Morgan fingerprint density at radius 2 is 1.51 bits per heavy atom. The van der Waals surface area contributed by atoms with Gasteiger partial charge >= 0.3 is 0 Å². The number of nitrogens with zero attached hydrogens (tertiary/aromatic N) is 1. The number of ketones is 2. The molecule has 4 nitrogen and oxygen atoms in total. The van der Waals surface area contributed by atoms with E-state index in [0.29, 0.717) is 11.1 Å². The van der Waals surface area contributed by atoms with Crippen molar-refractivity contribution in [2.75, 3.05) is 0 Å². The molecule has 5 heteroatoms. The van der Waals surface area contributed by atoms with Crippen LogP contribution in [0.1, 0.15) is 48.7 Å². The molecular weight excluding hydrogens is 641 g/mol. The molecule has 0 aliphatic carbocycles. The third-order valence-electron chi connectivity index (χ3n) is 5.38. The SMILES string of the molecule is CC(=O)/C=C(/C)O.CCCc1ccc(-c2[c-]cc(-c3ccc(C(=O)c4ccccc4)cc3)cc2)nc1.[Pt]. The van der Waals surface area contributed by atoms with Gasteiger partial charge in [-0.05, 0) is 31.5 Å². The molecule has 0 aliphatic heterocycles. The molecule has 0 saturated heterocycles. The summed E-state index contributed by atoms with van der Waals surface area (Å²) in [5, 5.41) is 8.36. The Balaban J connectivity index is 0.000000532. The smallest absolute Gasteiger partial charge is 0.193 e. The van der Waals surface area contributed by atoms with Crippen LogP contribution in [0.2, 0.25) is 0 Å². The standard InChI is InChI=1S/C27H22NO.C5H8O2.Pt/c1-2-6-20-9-18-26(28-19-20)23-14-10-21(11-15-23)22-12-16-25(17-13-22)27(29)24-7-4-3-5-8-24;1-4(6)3-5(2)7;/h3-5,7-14,16-19H,2,6H2,1H3;3,6H,1-2H3;/q-1;;/b;4-3-;. The number of carbonyl (C=O) groups excluding carboxylic acids is 2. The van der Waals surface area contributed by atoms with Crippen molar-refractivity contribution in [3.8, 4) is 22.4 Å². The first-order valence-electron chi connectivity index (χ1n) is 11.9. The van der Waals surface area contributed by atoms with Crippen LogP contribution in [0.4, 0.5) is 0 Å². The van der Waals surface area contributed by atoms with Crippen LogP contribution in [-0.2, 0) is 32.3 Å². The quantitative estimate of drug-likeness (QED) is 0.0961. The van der Waals surface area contributed by atoms with Crippen molar-refractivity contribution in [2.24, 2.45) is 0 Å². The van der Waals surface area contributed by atoms with Crippen LogP contribution >= 0.6 is 0 Å². The number of aliphatic hydroxyl groups excluding tert-OH is 1. The Morgan fingerprint density at radius 3 is 2.00 bits per heavy atom. The Bertz CT molecular complexity index is 1310. The number of pyridine rings is 1. The van der Waals surface area contributed by atoms with E-state index in [0.717, 1.165) is 35.2 Å². The number of hydrogen-bond acceptors (Lipinski definition) is 4. The zero-order chi connectivity index (χ0) is 25.9. The van der Waals surface area contributed by atoms with Crippen molar-refractivity contribution in [2.45, 2.75) is 33.6 Å². The van der Waals surface area contributed by atoms with Gasteiger partial charge in [-0.2, -0.15) is 0 Å². The first-order valence-corrected chi connectivity index (χ1v) is 11.9. The molecule has 1 heterocycles. The van der Waals surface area contributed by atoms with E-state index in [9.17, 15) is 9.59 Å². The molecule has 0 aliphatic rings. The average molecular weight is 672 g/mol. The van der Waals surface area contributed by atoms with E-state index in [-0.39, 0.29) is 38.4 Å². The molecule has 4 rings (SSSR count). The number of aliphatic hydroxyl groups is 1. The van der Waals surface area contributed by atoms with E-state index in [1.165, 1.54) is 25.5 Å². The Morgan fingerprint density at radius 1 is 0.865 bits per heavy atom. The van der Waals surface area contributed by atoms with Crippen LogP contribution in [-0.4, -0.2) is 21.7 Å². The molecule has 0 amide bonds. The van der Waals surface area contributed by atoms with Gasteiger partial charge in [-0.1, -0.05) is 91.2 Å². The van der Waals surface area contributed by atoms with Gasteiger partial charge in [0.25, 0.3) is 0 Å². The minimum absolute atomic E-state index is 0. The first kappa shape index (κ1) is 29.6. The van der Waals surface area contributed by atoms with E-state index in [1.807, 2.05) is 72.9 Å². The fourth-order valence-electron chi connectivity index (χ4n) is 3.65. The van der Waals surface area contributed by atoms with Gasteiger partial charge in [0, 0.05) is 44.5 Å². The number of rotatable bonds is 7. The van der Waals surface area contributed by atoms with E-state index in [2.05, 4.69) is 36.2 Å². The van der Waals surface area contributed by atoms with Gasteiger partial charge in [0.2, 0.25) is 0 Å². The van der Waals surface area contributed by atoms with Crippen LogP contribution < -0.4 is 0 Å². The number of allylic oxidation sites excluding steroid dienone is 2. The number of carbonyl (C=O) groups is 2. The molecule has 1 aromatic heterocycles. The third-order valence-corrected chi connectivity index (χ3v) is 5.38. The van der Waals surface area contributed by atoms with Crippen LogP contribution in [0.25, 0.3) is 22.4 Å². The molecule has 4 aromatic rings. The number of benzene rings is 3. The fourth-order valence-corrected chi connectivity index (χ4v) is 3.65. The molecule has 0 spiro atoms. The van der Waals surface area contributed by atoms with E-state index in [4.69, 9.17) is 5.11 Å². The summed E-state index contributed by atoms with van der Waals surface area (Å²) in [6.45, 7) is 5.02. The molecule has 0 saturated carbocycles. The number of aromatic nitrogens is 1.